The van der Waals surface area contributed by atoms with Gasteiger partial charge in [-0.1, -0.05) is 29.8 Å². The van der Waals surface area contributed by atoms with E-state index in [9.17, 15) is 13.2 Å². The Labute approximate surface area is 182 Å². The fourth-order valence-corrected chi connectivity index (χ4v) is 5.41. The summed E-state index contributed by atoms with van der Waals surface area (Å²) in [5.74, 6) is 0.612. The van der Waals surface area contributed by atoms with E-state index >= 15 is 0 Å². The maximum atomic E-state index is 13.0. The number of methoxy groups -OCH3 is 1. The minimum absolute atomic E-state index is 0.115. The molecule has 31 heavy (non-hydrogen) atoms. The average molecular weight is 443 g/mol. The van der Waals surface area contributed by atoms with Crippen LogP contribution in [-0.4, -0.2) is 69.0 Å². The molecule has 0 radical (unpaired) electrons. The first-order chi connectivity index (χ1) is 14.8. The van der Waals surface area contributed by atoms with Crippen LogP contribution >= 0.6 is 0 Å². The third-order valence-corrected chi connectivity index (χ3v) is 7.38. The summed E-state index contributed by atoms with van der Waals surface area (Å²) >= 11 is 0. The molecule has 2 aliphatic heterocycles. The SMILES string of the molecule is COc1cccc(C=CC(=O)N2CC3CN(S(=O)(=O)c4ccc(C)cc4)CC(C2)O3)c1. The maximum Gasteiger partial charge on any atom is 0.246 e. The van der Waals surface area contributed by atoms with Gasteiger partial charge in [0.05, 0.1) is 24.2 Å². The molecular formula is C23H26N2O5S. The number of morpholine rings is 2. The first-order valence-corrected chi connectivity index (χ1v) is 11.6. The molecule has 0 aliphatic carbocycles. The van der Waals surface area contributed by atoms with Gasteiger partial charge in [-0.3, -0.25) is 4.79 Å². The zero-order valence-corrected chi connectivity index (χ0v) is 18.4. The Morgan fingerprint density at radius 2 is 1.74 bits per heavy atom. The van der Waals surface area contributed by atoms with Gasteiger partial charge in [-0.15, -0.1) is 0 Å². The number of hydrogen-bond donors (Lipinski definition) is 0. The van der Waals surface area contributed by atoms with Crippen molar-refractivity contribution < 1.29 is 22.7 Å². The van der Waals surface area contributed by atoms with E-state index in [1.54, 1.807) is 42.4 Å². The van der Waals surface area contributed by atoms with Crippen molar-refractivity contribution in [1.82, 2.24) is 9.21 Å². The molecule has 0 saturated carbocycles. The molecule has 0 spiro atoms. The van der Waals surface area contributed by atoms with Crippen molar-refractivity contribution in [2.75, 3.05) is 33.3 Å². The molecule has 2 bridgehead atoms. The van der Waals surface area contributed by atoms with Crippen LogP contribution in [0.15, 0.2) is 59.5 Å². The average Bonchev–Trinajstić information content (AvgIpc) is 2.77. The summed E-state index contributed by atoms with van der Waals surface area (Å²) in [6, 6.07) is 14.3. The van der Waals surface area contributed by atoms with E-state index in [2.05, 4.69) is 0 Å². The molecule has 0 aromatic heterocycles. The summed E-state index contributed by atoms with van der Waals surface area (Å²) in [5.41, 5.74) is 1.88. The molecule has 2 unspecified atom stereocenters. The van der Waals surface area contributed by atoms with Crippen molar-refractivity contribution in [3.8, 4) is 5.75 Å². The lowest BCUT2D eigenvalue weighted by molar-refractivity contribution is -0.150. The van der Waals surface area contributed by atoms with Crippen molar-refractivity contribution in [1.29, 1.82) is 0 Å². The first kappa shape index (κ1) is 21.5. The van der Waals surface area contributed by atoms with Crippen molar-refractivity contribution in [3.05, 3.63) is 65.7 Å². The second kappa shape index (κ2) is 8.82. The van der Waals surface area contributed by atoms with Crippen LogP contribution in [0.3, 0.4) is 0 Å². The molecule has 2 heterocycles. The number of nitrogens with zero attached hydrogens (tertiary/aromatic N) is 2. The van der Waals surface area contributed by atoms with Crippen LogP contribution in [-0.2, 0) is 19.6 Å². The molecule has 7 nitrogen and oxygen atoms in total. The lowest BCUT2D eigenvalue weighted by Gasteiger charge is -2.44. The van der Waals surface area contributed by atoms with Crippen LogP contribution in [0.1, 0.15) is 11.1 Å². The number of rotatable bonds is 5. The Morgan fingerprint density at radius 3 is 2.39 bits per heavy atom. The van der Waals surface area contributed by atoms with E-state index in [0.717, 1.165) is 16.9 Å². The molecule has 2 aliphatic rings. The minimum atomic E-state index is -3.59. The lowest BCUT2D eigenvalue weighted by Crippen LogP contribution is -2.61. The van der Waals surface area contributed by atoms with Gasteiger partial charge in [0.1, 0.15) is 5.75 Å². The third kappa shape index (κ3) is 4.81. The predicted octanol–water partition coefficient (Wildman–Crippen LogP) is 2.32. The number of sulfonamides is 1. The van der Waals surface area contributed by atoms with Crippen molar-refractivity contribution in [3.63, 3.8) is 0 Å². The van der Waals surface area contributed by atoms with Gasteiger partial charge in [0.2, 0.25) is 15.9 Å². The highest BCUT2D eigenvalue weighted by atomic mass is 32.2. The highest BCUT2D eigenvalue weighted by Gasteiger charge is 2.40. The zero-order valence-electron chi connectivity index (χ0n) is 17.6. The van der Waals surface area contributed by atoms with Gasteiger partial charge >= 0.3 is 0 Å². The molecule has 0 N–H and O–H groups in total. The Morgan fingerprint density at radius 1 is 1.06 bits per heavy atom. The quantitative estimate of drug-likeness (QED) is 0.665. The number of ether oxygens (including phenoxy) is 2. The number of benzene rings is 2. The molecule has 4 rings (SSSR count). The standard InChI is InChI=1S/C23H26N2O5S/c1-17-6-9-22(10-7-17)31(27,28)25-15-20-13-24(14-21(16-25)30-20)23(26)11-8-18-4-3-5-19(12-18)29-2/h3-12,20-21H,13-16H2,1-2H3. The van der Waals surface area contributed by atoms with Crippen LogP contribution in [0.4, 0.5) is 0 Å². The molecule has 2 aromatic rings. The van der Waals surface area contributed by atoms with Crippen LogP contribution in [0.25, 0.3) is 6.08 Å². The Hall–Kier alpha value is -2.68. The molecule has 1 amide bonds. The molecule has 8 heteroatoms. The van der Waals surface area contributed by atoms with Crippen molar-refractivity contribution in [2.24, 2.45) is 0 Å². The second-order valence-electron chi connectivity index (χ2n) is 7.87. The van der Waals surface area contributed by atoms with E-state index in [0.29, 0.717) is 13.1 Å². The van der Waals surface area contributed by atoms with Crippen LogP contribution in [0.2, 0.25) is 0 Å². The lowest BCUT2D eigenvalue weighted by atomic mass is 10.1. The van der Waals surface area contributed by atoms with Gasteiger partial charge in [-0.25, -0.2) is 8.42 Å². The van der Waals surface area contributed by atoms with Gasteiger partial charge in [-0.2, -0.15) is 4.31 Å². The van der Waals surface area contributed by atoms with Gasteiger partial charge in [0.15, 0.2) is 0 Å². The van der Waals surface area contributed by atoms with Gasteiger partial charge in [0.25, 0.3) is 0 Å². The topological polar surface area (TPSA) is 76.2 Å². The highest BCUT2D eigenvalue weighted by Crippen LogP contribution is 2.25. The van der Waals surface area contributed by atoms with Crippen molar-refractivity contribution in [2.45, 2.75) is 24.0 Å². The van der Waals surface area contributed by atoms with Gasteiger partial charge in [0, 0.05) is 32.3 Å². The molecule has 2 atom stereocenters. The Kier molecular flexibility index (Phi) is 6.13. The maximum absolute atomic E-state index is 13.0. The first-order valence-electron chi connectivity index (χ1n) is 10.2. The fraction of sp³-hybridized carbons (Fsp3) is 0.348. The summed E-state index contributed by atoms with van der Waals surface area (Å²) in [4.78, 5) is 14.7. The number of aryl methyl sites for hydroxylation is 1. The minimum Gasteiger partial charge on any atom is -0.497 e. The summed E-state index contributed by atoms with van der Waals surface area (Å²) in [7, 11) is -1.99. The molecule has 2 saturated heterocycles. The zero-order chi connectivity index (χ0) is 22.0. The predicted molar refractivity (Wildman–Crippen MR) is 117 cm³/mol. The van der Waals surface area contributed by atoms with E-state index in [1.807, 2.05) is 31.2 Å². The van der Waals surface area contributed by atoms with Crippen LogP contribution < -0.4 is 4.74 Å². The Balaban J connectivity index is 1.42. The molecule has 164 valence electrons. The number of fused-ring (bicyclic) bond motifs is 2. The second-order valence-corrected chi connectivity index (χ2v) is 9.81. The summed E-state index contributed by atoms with van der Waals surface area (Å²) in [6.45, 7) is 3.10. The van der Waals surface area contributed by atoms with Crippen LogP contribution in [0.5, 0.6) is 5.75 Å². The van der Waals surface area contributed by atoms with Crippen molar-refractivity contribution >= 4 is 22.0 Å². The van der Waals surface area contributed by atoms with Crippen LogP contribution in [0, 0.1) is 6.92 Å². The van der Waals surface area contributed by atoms with E-state index in [4.69, 9.17) is 9.47 Å². The third-order valence-electron chi connectivity index (χ3n) is 5.53. The molecular weight excluding hydrogens is 416 g/mol. The number of hydrogen-bond acceptors (Lipinski definition) is 5. The summed E-state index contributed by atoms with van der Waals surface area (Å²) in [5, 5.41) is 0. The largest absolute Gasteiger partial charge is 0.497 e. The fourth-order valence-electron chi connectivity index (χ4n) is 3.91. The summed E-state index contributed by atoms with van der Waals surface area (Å²) < 4.78 is 38.7. The monoisotopic (exact) mass is 442 g/mol. The summed E-state index contributed by atoms with van der Waals surface area (Å²) in [6.07, 6.45) is 2.60. The van der Waals surface area contributed by atoms with Gasteiger partial charge in [-0.05, 0) is 42.8 Å². The van der Waals surface area contributed by atoms with E-state index in [1.165, 1.54) is 10.4 Å². The normalized spacial score (nSPS) is 21.9. The number of carbonyl (C=O) groups is 1. The highest BCUT2D eigenvalue weighted by molar-refractivity contribution is 7.89. The van der Waals surface area contributed by atoms with E-state index < -0.39 is 10.0 Å². The number of amides is 1. The number of carbonyl (C=O) groups excluding carboxylic acids is 1. The smallest absolute Gasteiger partial charge is 0.246 e. The molecule has 2 fully saturated rings. The van der Waals surface area contributed by atoms with Gasteiger partial charge < -0.3 is 14.4 Å². The van der Waals surface area contributed by atoms with E-state index in [-0.39, 0.29) is 36.1 Å². The Bertz CT molecular complexity index is 1070. The molecule has 2 aromatic carbocycles.